The average molecular weight is 600 g/mol. The van der Waals surface area contributed by atoms with Gasteiger partial charge in [-0.3, -0.25) is 0 Å². The SMILES string of the molecule is c1ccc(-c2cccc(-n3c4ccccc4c4cc(-n5c6ccccc6c6ccc7c(ccn7-c7ccccc7)c65)ccc43)c2)cc1. The lowest BCUT2D eigenvalue weighted by molar-refractivity contribution is 1.13. The molecule has 0 aliphatic heterocycles. The molecule has 0 saturated carbocycles. The lowest BCUT2D eigenvalue weighted by Crippen LogP contribution is -1.96. The molecule has 3 heteroatoms. The minimum absolute atomic E-state index is 1.16. The summed E-state index contributed by atoms with van der Waals surface area (Å²) in [6.07, 6.45) is 2.20. The zero-order chi connectivity index (χ0) is 30.9. The Balaban J connectivity index is 1.24. The lowest BCUT2D eigenvalue weighted by atomic mass is 10.1. The summed E-state index contributed by atoms with van der Waals surface area (Å²) in [4.78, 5) is 0. The highest BCUT2D eigenvalue weighted by Gasteiger charge is 2.19. The van der Waals surface area contributed by atoms with E-state index in [0.717, 1.165) is 17.1 Å². The maximum atomic E-state index is 2.46. The van der Waals surface area contributed by atoms with Crippen molar-refractivity contribution in [1.29, 1.82) is 0 Å². The number of hydrogen-bond donors (Lipinski definition) is 0. The lowest BCUT2D eigenvalue weighted by Gasteiger charge is -2.12. The maximum Gasteiger partial charge on any atom is 0.0635 e. The number of fused-ring (bicyclic) bond motifs is 8. The fraction of sp³-hybridized carbons (Fsp3) is 0. The molecule has 0 saturated heterocycles. The third-order valence-electron chi connectivity index (χ3n) is 9.66. The minimum Gasteiger partial charge on any atom is -0.316 e. The zero-order valence-corrected chi connectivity index (χ0v) is 25.6. The van der Waals surface area contributed by atoms with Gasteiger partial charge >= 0.3 is 0 Å². The zero-order valence-electron chi connectivity index (χ0n) is 25.6. The van der Waals surface area contributed by atoms with E-state index in [4.69, 9.17) is 0 Å². The van der Waals surface area contributed by atoms with Gasteiger partial charge in [0.2, 0.25) is 0 Å². The average Bonchev–Trinajstić information content (AvgIpc) is 3.82. The first-order valence-electron chi connectivity index (χ1n) is 16.1. The van der Waals surface area contributed by atoms with Gasteiger partial charge in [-0.1, -0.05) is 103 Å². The van der Waals surface area contributed by atoms with Crippen molar-refractivity contribution in [2.45, 2.75) is 0 Å². The molecule has 0 N–H and O–H groups in total. The van der Waals surface area contributed by atoms with Crippen molar-refractivity contribution in [2.24, 2.45) is 0 Å². The van der Waals surface area contributed by atoms with E-state index in [1.807, 2.05) is 0 Å². The summed E-state index contributed by atoms with van der Waals surface area (Å²) in [5.74, 6) is 0. The van der Waals surface area contributed by atoms with Gasteiger partial charge in [-0.05, 0) is 77.9 Å². The first-order chi connectivity index (χ1) is 23.3. The van der Waals surface area contributed by atoms with Gasteiger partial charge in [0.1, 0.15) is 0 Å². The van der Waals surface area contributed by atoms with E-state index in [2.05, 4.69) is 190 Å². The van der Waals surface area contributed by atoms with Gasteiger partial charge < -0.3 is 13.7 Å². The van der Waals surface area contributed by atoms with E-state index >= 15 is 0 Å². The first-order valence-corrected chi connectivity index (χ1v) is 16.1. The van der Waals surface area contributed by atoms with Gasteiger partial charge in [0, 0.05) is 50.2 Å². The summed E-state index contributed by atoms with van der Waals surface area (Å²) in [6.45, 7) is 0. The summed E-state index contributed by atoms with van der Waals surface area (Å²) in [5.41, 5.74) is 11.9. The van der Waals surface area contributed by atoms with E-state index in [-0.39, 0.29) is 0 Å². The van der Waals surface area contributed by atoms with Crippen LogP contribution in [0.1, 0.15) is 0 Å². The molecule has 0 amide bonds. The van der Waals surface area contributed by atoms with Crippen LogP contribution >= 0.6 is 0 Å². The molecule has 7 aromatic carbocycles. The van der Waals surface area contributed by atoms with E-state index in [0.29, 0.717) is 0 Å². The van der Waals surface area contributed by atoms with Crippen molar-refractivity contribution in [3.8, 4) is 28.2 Å². The Morgan fingerprint density at radius 2 is 0.894 bits per heavy atom. The number of nitrogens with zero attached hydrogens (tertiary/aromatic N) is 3. The second-order valence-electron chi connectivity index (χ2n) is 12.2. The Kier molecular flexibility index (Phi) is 5.57. The molecule has 3 heterocycles. The summed E-state index contributed by atoms with van der Waals surface area (Å²) < 4.78 is 7.16. The highest BCUT2D eigenvalue weighted by Crippen LogP contribution is 2.40. The number of para-hydroxylation sites is 3. The molecular weight excluding hydrogens is 571 g/mol. The quantitative estimate of drug-likeness (QED) is 0.191. The van der Waals surface area contributed by atoms with Gasteiger partial charge in [0.25, 0.3) is 0 Å². The van der Waals surface area contributed by atoms with Gasteiger partial charge in [-0.25, -0.2) is 0 Å². The molecule has 0 radical (unpaired) electrons. The highest BCUT2D eigenvalue weighted by atomic mass is 15.0. The molecule has 0 unspecified atom stereocenters. The number of benzene rings is 7. The van der Waals surface area contributed by atoms with Crippen molar-refractivity contribution in [1.82, 2.24) is 13.7 Å². The standard InChI is InChI=1S/C44H29N3/c1-3-12-30(13-4-1)31-14-11-17-33(28-31)46-41-20-9-8-19-36(41)39-29-34(22-24-43(39)46)47-42-21-10-7-18-35(42)37-23-25-40-38(44(37)47)26-27-45(40)32-15-5-2-6-16-32/h1-29H. The van der Waals surface area contributed by atoms with Gasteiger partial charge in [0.05, 0.1) is 27.6 Å². The molecule has 0 fully saturated rings. The van der Waals surface area contributed by atoms with Crippen LogP contribution < -0.4 is 0 Å². The molecule has 3 aromatic heterocycles. The first kappa shape index (κ1) is 26.0. The normalized spacial score (nSPS) is 11.8. The summed E-state index contributed by atoms with van der Waals surface area (Å²) in [7, 11) is 0. The van der Waals surface area contributed by atoms with Crippen LogP contribution in [0.5, 0.6) is 0 Å². The Morgan fingerprint density at radius 1 is 0.298 bits per heavy atom. The number of rotatable bonds is 4. The van der Waals surface area contributed by atoms with E-state index in [1.54, 1.807) is 0 Å². The second-order valence-corrected chi connectivity index (χ2v) is 12.2. The van der Waals surface area contributed by atoms with Crippen LogP contribution in [0.3, 0.4) is 0 Å². The molecule has 0 atom stereocenters. The molecule has 47 heavy (non-hydrogen) atoms. The predicted octanol–water partition coefficient (Wildman–Crippen LogP) is 11.5. The van der Waals surface area contributed by atoms with Crippen molar-refractivity contribution < 1.29 is 0 Å². The summed E-state index contributed by atoms with van der Waals surface area (Å²) in [5, 5.41) is 6.25. The Hall–Kier alpha value is -6.32. The van der Waals surface area contributed by atoms with Crippen LogP contribution in [-0.4, -0.2) is 13.7 Å². The van der Waals surface area contributed by atoms with Crippen LogP contribution in [0.25, 0.3) is 82.7 Å². The maximum absolute atomic E-state index is 2.46. The van der Waals surface area contributed by atoms with Crippen molar-refractivity contribution in [3.63, 3.8) is 0 Å². The van der Waals surface area contributed by atoms with Crippen molar-refractivity contribution in [2.75, 3.05) is 0 Å². The van der Waals surface area contributed by atoms with Crippen molar-refractivity contribution in [3.05, 3.63) is 176 Å². The summed E-state index contributed by atoms with van der Waals surface area (Å²) >= 11 is 0. The van der Waals surface area contributed by atoms with Gasteiger partial charge in [-0.2, -0.15) is 0 Å². The largest absolute Gasteiger partial charge is 0.316 e. The van der Waals surface area contributed by atoms with Crippen LogP contribution in [0.4, 0.5) is 0 Å². The van der Waals surface area contributed by atoms with Crippen LogP contribution in [0.2, 0.25) is 0 Å². The van der Waals surface area contributed by atoms with E-state index < -0.39 is 0 Å². The third kappa shape index (κ3) is 3.87. The number of hydrogen-bond acceptors (Lipinski definition) is 0. The van der Waals surface area contributed by atoms with Gasteiger partial charge in [-0.15, -0.1) is 0 Å². The van der Waals surface area contributed by atoms with Crippen molar-refractivity contribution >= 4 is 54.5 Å². The van der Waals surface area contributed by atoms with E-state index in [9.17, 15) is 0 Å². The second kappa shape index (κ2) is 10.1. The fourth-order valence-corrected chi connectivity index (χ4v) is 7.59. The molecule has 0 aliphatic carbocycles. The molecule has 0 spiro atoms. The predicted molar refractivity (Wildman–Crippen MR) is 197 cm³/mol. The molecule has 220 valence electrons. The van der Waals surface area contributed by atoms with Crippen LogP contribution in [0.15, 0.2) is 176 Å². The molecule has 0 bridgehead atoms. The monoisotopic (exact) mass is 599 g/mol. The fourth-order valence-electron chi connectivity index (χ4n) is 7.59. The molecular formula is C44H29N3. The molecule has 3 nitrogen and oxygen atoms in total. The van der Waals surface area contributed by atoms with Crippen LogP contribution in [-0.2, 0) is 0 Å². The smallest absolute Gasteiger partial charge is 0.0635 e. The van der Waals surface area contributed by atoms with Crippen LogP contribution in [0, 0.1) is 0 Å². The minimum atomic E-state index is 1.16. The third-order valence-corrected chi connectivity index (χ3v) is 9.66. The van der Waals surface area contributed by atoms with E-state index in [1.165, 1.54) is 65.6 Å². The Morgan fingerprint density at radius 3 is 1.70 bits per heavy atom. The summed E-state index contributed by atoms with van der Waals surface area (Å²) in [6, 6.07) is 61.5. The topological polar surface area (TPSA) is 14.8 Å². The number of aromatic nitrogens is 3. The highest BCUT2D eigenvalue weighted by molar-refractivity contribution is 6.19. The Labute approximate surface area is 271 Å². The molecule has 10 rings (SSSR count). The molecule has 0 aliphatic rings. The van der Waals surface area contributed by atoms with Gasteiger partial charge in [0.15, 0.2) is 0 Å². The Bertz CT molecular complexity index is 2780. The molecule has 10 aromatic rings.